The molecule has 2 bridgehead atoms. The van der Waals surface area contributed by atoms with Crippen molar-refractivity contribution < 1.29 is 9.53 Å². The number of carbonyl (C=O) groups is 1. The molecule has 3 atom stereocenters. The van der Waals surface area contributed by atoms with Gasteiger partial charge in [0.25, 0.3) is 0 Å². The van der Waals surface area contributed by atoms with Gasteiger partial charge in [-0.1, -0.05) is 22.0 Å². The van der Waals surface area contributed by atoms with E-state index in [-0.39, 0.29) is 24.6 Å². The van der Waals surface area contributed by atoms with Gasteiger partial charge in [0, 0.05) is 17.2 Å². The molecule has 1 amide bonds. The van der Waals surface area contributed by atoms with Gasteiger partial charge >= 0.3 is 0 Å². The first-order valence-electron chi connectivity index (χ1n) is 8.24. The first-order chi connectivity index (χ1) is 11.5. The molecule has 2 heterocycles. The maximum atomic E-state index is 12.2. The smallest absolute Gasteiger partial charge is 0.243 e. The monoisotopic (exact) mass is 394 g/mol. The van der Waals surface area contributed by atoms with Crippen LogP contribution in [0.1, 0.15) is 24.8 Å². The van der Waals surface area contributed by atoms with Crippen molar-refractivity contribution in [3.05, 3.63) is 28.2 Å². The minimum atomic E-state index is -0.108. The van der Waals surface area contributed by atoms with Crippen LogP contribution in [0.3, 0.4) is 0 Å². The van der Waals surface area contributed by atoms with Crippen molar-refractivity contribution in [2.75, 3.05) is 18.9 Å². The van der Waals surface area contributed by atoms with E-state index >= 15 is 0 Å². The fraction of sp³-hybridized carbons (Fsp3) is 0.529. The molecule has 2 aliphatic rings. The molecule has 1 aromatic carbocycles. The van der Waals surface area contributed by atoms with Crippen LogP contribution < -0.4 is 16.0 Å². The summed E-state index contributed by atoms with van der Waals surface area (Å²) in [5.74, 6) is 0.528. The van der Waals surface area contributed by atoms with Gasteiger partial charge < -0.3 is 20.7 Å². The molecule has 0 aliphatic carbocycles. The Bertz CT molecular complexity index is 649. The number of aliphatic imine (C=N–C) groups is 1. The number of ether oxygens (including phenoxy) is 1. The highest BCUT2D eigenvalue weighted by Gasteiger charge is 2.41. The summed E-state index contributed by atoms with van der Waals surface area (Å²) in [4.78, 5) is 16.4. The van der Waals surface area contributed by atoms with E-state index in [0.717, 1.165) is 35.0 Å². The first-order valence-corrected chi connectivity index (χ1v) is 9.03. The molecule has 6 nitrogen and oxygen atoms in total. The highest BCUT2D eigenvalue weighted by molar-refractivity contribution is 9.10. The number of nitrogens with zero attached hydrogens (tertiary/aromatic N) is 1. The third kappa shape index (κ3) is 4.08. The number of anilines is 1. The van der Waals surface area contributed by atoms with Gasteiger partial charge in [0.1, 0.15) is 0 Å². The fourth-order valence-corrected chi connectivity index (χ4v) is 3.61. The second kappa shape index (κ2) is 7.53. The molecule has 0 aromatic heterocycles. The van der Waals surface area contributed by atoms with Crippen LogP contribution in [-0.4, -0.2) is 43.7 Å². The van der Waals surface area contributed by atoms with Crippen LogP contribution in [0.2, 0.25) is 0 Å². The molecule has 2 saturated heterocycles. The number of hydrogen-bond donors (Lipinski definition) is 3. The zero-order chi connectivity index (χ0) is 17.1. The van der Waals surface area contributed by atoms with Gasteiger partial charge in [-0.05, 0) is 43.9 Å². The average Bonchev–Trinajstić information content (AvgIpc) is 3.17. The van der Waals surface area contributed by atoms with Crippen molar-refractivity contribution in [1.82, 2.24) is 10.6 Å². The summed E-state index contributed by atoms with van der Waals surface area (Å²) >= 11 is 3.42. The predicted molar refractivity (Wildman–Crippen MR) is 98.3 cm³/mol. The summed E-state index contributed by atoms with van der Waals surface area (Å²) in [6.07, 6.45) is 3.92. The van der Waals surface area contributed by atoms with Crippen LogP contribution in [0.4, 0.5) is 5.69 Å². The van der Waals surface area contributed by atoms with Crippen molar-refractivity contribution in [3.8, 4) is 0 Å². The number of aryl methyl sites for hydroxylation is 1. The Hall–Kier alpha value is -1.60. The Morgan fingerprint density at radius 1 is 1.42 bits per heavy atom. The van der Waals surface area contributed by atoms with Crippen LogP contribution in [0.25, 0.3) is 0 Å². The molecule has 2 fully saturated rings. The Morgan fingerprint density at radius 2 is 2.25 bits per heavy atom. The summed E-state index contributed by atoms with van der Waals surface area (Å²) in [6, 6.07) is 6.09. The lowest BCUT2D eigenvalue weighted by Gasteiger charge is -2.22. The third-order valence-corrected chi connectivity index (χ3v) is 5.04. The summed E-state index contributed by atoms with van der Waals surface area (Å²) < 4.78 is 6.77. The molecule has 0 spiro atoms. The lowest BCUT2D eigenvalue weighted by molar-refractivity contribution is -0.115. The second-order valence-electron chi connectivity index (χ2n) is 6.29. The van der Waals surface area contributed by atoms with Crippen LogP contribution in [0.15, 0.2) is 27.7 Å². The zero-order valence-electron chi connectivity index (χ0n) is 13.9. The van der Waals surface area contributed by atoms with Crippen LogP contribution in [0, 0.1) is 6.92 Å². The van der Waals surface area contributed by atoms with Crippen molar-refractivity contribution in [3.63, 3.8) is 0 Å². The number of halogens is 1. The molecule has 130 valence electrons. The van der Waals surface area contributed by atoms with E-state index in [1.54, 1.807) is 7.05 Å². The van der Waals surface area contributed by atoms with Crippen molar-refractivity contribution >= 4 is 33.5 Å². The van der Waals surface area contributed by atoms with E-state index in [1.165, 1.54) is 0 Å². The van der Waals surface area contributed by atoms with Gasteiger partial charge in [0.15, 0.2) is 5.96 Å². The molecular weight excluding hydrogens is 372 g/mol. The number of guanidine groups is 1. The average molecular weight is 395 g/mol. The predicted octanol–water partition coefficient (Wildman–Crippen LogP) is 2.18. The zero-order valence-corrected chi connectivity index (χ0v) is 15.5. The highest BCUT2D eigenvalue weighted by atomic mass is 79.9. The van der Waals surface area contributed by atoms with Crippen LogP contribution in [0.5, 0.6) is 0 Å². The van der Waals surface area contributed by atoms with Crippen LogP contribution in [-0.2, 0) is 9.53 Å². The van der Waals surface area contributed by atoms with Gasteiger partial charge in [0.2, 0.25) is 5.91 Å². The standard InChI is InChI=1S/C17H23BrN4O2/c1-10-3-4-11(18)7-13(10)21-16(23)9-20-17(19-2)22-14-8-12-5-6-15(14)24-12/h3-4,7,12,14-15H,5-6,8-9H2,1-2H3,(H,21,23)(H2,19,20,22). The number of fused-ring (bicyclic) bond motifs is 2. The maximum Gasteiger partial charge on any atom is 0.243 e. The van der Waals surface area contributed by atoms with E-state index in [2.05, 4.69) is 36.9 Å². The highest BCUT2D eigenvalue weighted by Crippen LogP contribution is 2.34. The lowest BCUT2D eigenvalue weighted by atomic mass is 9.96. The second-order valence-corrected chi connectivity index (χ2v) is 7.21. The molecule has 3 N–H and O–H groups in total. The van der Waals surface area contributed by atoms with Gasteiger partial charge in [-0.2, -0.15) is 0 Å². The molecule has 1 aromatic rings. The molecule has 0 saturated carbocycles. The molecule has 24 heavy (non-hydrogen) atoms. The van der Waals surface area contributed by atoms with E-state index in [9.17, 15) is 4.79 Å². The number of rotatable bonds is 4. The maximum absolute atomic E-state index is 12.2. The molecular formula is C17H23BrN4O2. The third-order valence-electron chi connectivity index (χ3n) is 4.54. The number of carbonyl (C=O) groups excluding carboxylic acids is 1. The molecule has 0 radical (unpaired) electrons. The molecule has 7 heteroatoms. The minimum absolute atomic E-state index is 0.108. The number of hydrogen-bond acceptors (Lipinski definition) is 3. The van der Waals surface area contributed by atoms with Crippen LogP contribution >= 0.6 is 15.9 Å². The largest absolute Gasteiger partial charge is 0.373 e. The Kier molecular flexibility index (Phi) is 5.40. The van der Waals surface area contributed by atoms with E-state index in [0.29, 0.717) is 12.1 Å². The summed E-state index contributed by atoms with van der Waals surface area (Å²) in [7, 11) is 1.71. The number of benzene rings is 1. The van der Waals surface area contributed by atoms with Gasteiger partial charge in [-0.15, -0.1) is 0 Å². The van der Waals surface area contributed by atoms with Crippen molar-refractivity contribution in [2.24, 2.45) is 4.99 Å². The van der Waals surface area contributed by atoms with E-state index < -0.39 is 0 Å². The van der Waals surface area contributed by atoms with Gasteiger partial charge in [0.05, 0.1) is 24.8 Å². The normalized spacial score (nSPS) is 25.6. The fourth-order valence-electron chi connectivity index (χ4n) is 3.25. The van der Waals surface area contributed by atoms with Crippen molar-refractivity contribution in [2.45, 2.75) is 44.4 Å². The van der Waals surface area contributed by atoms with E-state index in [4.69, 9.17) is 4.74 Å². The topological polar surface area (TPSA) is 74.8 Å². The summed E-state index contributed by atoms with van der Waals surface area (Å²) in [5, 5.41) is 9.34. The Morgan fingerprint density at radius 3 is 2.92 bits per heavy atom. The Balaban J connectivity index is 1.48. The number of amides is 1. The molecule has 3 rings (SSSR count). The van der Waals surface area contributed by atoms with Crippen molar-refractivity contribution in [1.29, 1.82) is 0 Å². The number of nitrogens with one attached hydrogen (secondary N) is 3. The van der Waals surface area contributed by atoms with E-state index in [1.807, 2.05) is 25.1 Å². The first kappa shape index (κ1) is 17.2. The van der Waals surface area contributed by atoms with Gasteiger partial charge in [-0.3, -0.25) is 9.79 Å². The minimum Gasteiger partial charge on any atom is -0.373 e. The Labute approximate surface area is 150 Å². The summed E-state index contributed by atoms with van der Waals surface area (Å²) in [5.41, 5.74) is 1.83. The van der Waals surface area contributed by atoms with Gasteiger partial charge in [-0.25, -0.2) is 0 Å². The lowest BCUT2D eigenvalue weighted by Crippen LogP contribution is -2.49. The quantitative estimate of drug-likeness (QED) is 0.540. The molecule has 2 aliphatic heterocycles. The summed E-state index contributed by atoms with van der Waals surface area (Å²) in [6.45, 7) is 2.12. The molecule has 3 unspecified atom stereocenters. The SMILES string of the molecule is CN=C(NCC(=O)Nc1cc(Br)ccc1C)NC1CC2CCC1O2.